The fourth-order valence-corrected chi connectivity index (χ4v) is 1.98. The minimum atomic E-state index is -0.0292. The minimum Gasteiger partial charge on any atom is -0.399 e. The van der Waals surface area contributed by atoms with Crippen LogP contribution in [-0.2, 0) is 0 Å². The first-order chi connectivity index (χ1) is 7.59. The van der Waals surface area contributed by atoms with Gasteiger partial charge < -0.3 is 5.73 Å². The number of benzene rings is 1. The number of aromatic nitrogens is 1. The zero-order valence-corrected chi connectivity index (χ0v) is 9.40. The predicted molar refractivity (Wildman–Crippen MR) is 65.9 cm³/mol. The van der Waals surface area contributed by atoms with Gasteiger partial charge >= 0.3 is 0 Å². The summed E-state index contributed by atoms with van der Waals surface area (Å²) in [6.07, 6.45) is 1.77. The summed E-state index contributed by atoms with van der Waals surface area (Å²) in [7, 11) is 0. The van der Waals surface area contributed by atoms with Crippen molar-refractivity contribution in [3.63, 3.8) is 0 Å². The van der Waals surface area contributed by atoms with E-state index in [0.717, 1.165) is 22.5 Å². The molecule has 82 valence electrons. The zero-order chi connectivity index (χ0) is 11.7. The van der Waals surface area contributed by atoms with E-state index in [1.54, 1.807) is 22.9 Å². The zero-order valence-electron chi connectivity index (χ0n) is 9.40. The fourth-order valence-electron chi connectivity index (χ4n) is 1.98. The van der Waals surface area contributed by atoms with E-state index in [1.165, 1.54) is 0 Å². The summed E-state index contributed by atoms with van der Waals surface area (Å²) in [6.45, 7) is 3.91. The molecule has 1 aromatic heterocycles. The molecule has 0 aliphatic carbocycles. The lowest BCUT2D eigenvalue weighted by Gasteiger charge is -2.13. The van der Waals surface area contributed by atoms with Crippen molar-refractivity contribution in [1.29, 1.82) is 0 Å². The van der Waals surface area contributed by atoms with Gasteiger partial charge in [-0.3, -0.25) is 9.36 Å². The summed E-state index contributed by atoms with van der Waals surface area (Å²) in [6, 6.07) is 8.89. The van der Waals surface area contributed by atoms with Crippen LogP contribution in [0.4, 0.5) is 5.69 Å². The Morgan fingerprint density at radius 3 is 2.31 bits per heavy atom. The van der Waals surface area contributed by atoms with Crippen LogP contribution in [0.5, 0.6) is 0 Å². The molecule has 0 saturated heterocycles. The monoisotopic (exact) mass is 214 g/mol. The SMILES string of the molecule is Cc1cc(N)cc(C)c1-n1ccccc1=O. The first-order valence-corrected chi connectivity index (χ1v) is 5.14. The van der Waals surface area contributed by atoms with Crippen molar-refractivity contribution in [3.05, 3.63) is 58.0 Å². The molecule has 1 aromatic carbocycles. The molecule has 16 heavy (non-hydrogen) atoms. The van der Waals surface area contributed by atoms with Crippen LogP contribution in [0.1, 0.15) is 11.1 Å². The maximum Gasteiger partial charge on any atom is 0.255 e. The first-order valence-electron chi connectivity index (χ1n) is 5.14. The van der Waals surface area contributed by atoms with Crippen molar-refractivity contribution >= 4 is 5.69 Å². The number of hydrogen-bond donors (Lipinski definition) is 1. The number of rotatable bonds is 1. The molecule has 2 N–H and O–H groups in total. The van der Waals surface area contributed by atoms with Gasteiger partial charge in [0, 0.05) is 18.0 Å². The Bertz CT molecular complexity index is 561. The van der Waals surface area contributed by atoms with Gasteiger partial charge in [-0.05, 0) is 43.2 Å². The lowest BCUT2D eigenvalue weighted by atomic mass is 10.1. The number of hydrogen-bond acceptors (Lipinski definition) is 2. The predicted octanol–water partition coefficient (Wildman–Crippen LogP) is 2.04. The topological polar surface area (TPSA) is 48.0 Å². The van der Waals surface area contributed by atoms with Gasteiger partial charge in [0.1, 0.15) is 0 Å². The minimum absolute atomic E-state index is 0.0292. The second-order valence-corrected chi connectivity index (χ2v) is 3.91. The van der Waals surface area contributed by atoms with Crippen molar-refractivity contribution in [1.82, 2.24) is 4.57 Å². The van der Waals surface area contributed by atoms with Gasteiger partial charge in [-0.2, -0.15) is 0 Å². The summed E-state index contributed by atoms with van der Waals surface area (Å²) in [4.78, 5) is 11.7. The molecule has 0 saturated carbocycles. The van der Waals surface area contributed by atoms with Crippen molar-refractivity contribution in [2.45, 2.75) is 13.8 Å². The Balaban J connectivity index is 2.75. The summed E-state index contributed by atoms with van der Waals surface area (Å²) in [5, 5.41) is 0. The van der Waals surface area contributed by atoms with E-state index in [9.17, 15) is 4.79 Å². The van der Waals surface area contributed by atoms with Crippen molar-refractivity contribution in [3.8, 4) is 5.69 Å². The molecule has 0 aliphatic heterocycles. The Labute approximate surface area is 94.1 Å². The van der Waals surface area contributed by atoms with E-state index < -0.39 is 0 Å². The average molecular weight is 214 g/mol. The highest BCUT2D eigenvalue weighted by Crippen LogP contribution is 2.20. The van der Waals surface area contributed by atoms with E-state index in [2.05, 4.69) is 0 Å². The van der Waals surface area contributed by atoms with Gasteiger partial charge in [0.25, 0.3) is 5.56 Å². The van der Waals surface area contributed by atoms with E-state index in [1.807, 2.05) is 32.0 Å². The Kier molecular flexibility index (Phi) is 2.52. The summed E-state index contributed by atoms with van der Waals surface area (Å²) in [5.41, 5.74) is 9.38. The molecular weight excluding hydrogens is 200 g/mol. The third kappa shape index (κ3) is 1.72. The van der Waals surface area contributed by atoms with Crippen LogP contribution in [0.15, 0.2) is 41.3 Å². The third-order valence-corrected chi connectivity index (χ3v) is 2.58. The van der Waals surface area contributed by atoms with Crippen molar-refractivity contribution < 1.29 is 0 Å². The van der Waals surface area contributed by atoms with Crippen molar-refractivity contribution in [2.24, 2.45) is 0 Å². The third-order valence-electron chi connectivity index (χ3n) is 2.58. The molecule has 0 unspecified atom stereocenters. The van der Waals surface area contributed by atoms with E-state index in [-0.39, 0.29) is 5.56 Å². The van der Waals surface area contributed by atoms with Crippen LogP contribution in [0, 0.1) is 13.8 Å². The normalized spacial score (nSPS) is 10.4. The molecule has 0 spiro atoms. The molecule has 2 aromatic rings. The summed E-state index contributed by atoms with van der Waals surface area (Å²) >= 11 is 0. The molecule has 2 rings (SSSR count). The van der Waals surface area contributed by atoms with E-state index in [4.69, 9.17) is 5.73 Å². The largest absolute Gasteiger partial charge is 0.399 e. The van der Waals surface area contributed by atoms with Crippen LogP contribution in [0.2, 0.25) is 0 Å². The van der Waals surface area contributed by atoms with Crippen LogP contribution in [0.25, 0.3) is 5.69 Å². The quantitative estimate of drug-likeness (QED) is 0.738. The van der Waals surface area contributed by atoms with Crippen molar-refractivity contribution in [2.75, 3.05) is 5.73 Å². The van der Waals surface area contributed by atoms with Crippen LogP contribution >= 0.6 is 0 Å². The highest BCUT2D eigenvalue weighted by molar-refractivity contribution is 5.56. The smallest absolute Gasteiger partial charge is 0.255 e. The van der Waals surface area contributed by atoms with Gasteiger partial charge in [-0.1, -0.05) is 6.07 Å². The number of nitrogen functional groups attached to an aromatic ring is 1. The summed E-state index contributed by atoms with van der Waals surface area (Å²) in [5.74, 6) is 0. The number of nitrogens with two attached hydrogens (primary N) is 1. The number of pyridine rings is 1. The number of anilines is 1. The standard InChI is InChI=1S/C13H14N2O/c1-9-7-11(14)8-10(2)13(9)15-6-4-3-5-12(15)16/h3-8H,14H2,1-2H3. The summed E-state index contributed by atoms with van der Waals surface area (Å²) < 4.78 is 1.64. The highest BCUT2D eigenvalue weighted by Gasteiger charge is 2.06. The maximum absolute atomic E-state index is 11.7. The van der Waals surface area contributed by atoms with E-state index >= 15 is 0 Å². The molecule has 3 heteroatoms. The Hall–Kier alpha value is -2.03. The molecule has 3 nitrogen and oxygen atoms in total. The maximum atomic E-state index is 11.7. The molecule has 0 radical (unpaired) electrons. The van der Waals surface area contributed by atoms with Gasteiger partial charge in [0.15, 0.2) is 0 Å². The van der Waals surface area contributed by atoms with Crippen LogP contribution < -0.4 is 11.3 Å². The number of nitrogens with zero attached hydrogens (tertiary/aromatic N) is 1. The average Bonchev–Trinajstić information content (AvgIpc) is 2.19. The molecular formula is C13H14N2O. The lowest BCUT2D eigenvalue weighted by molar-refractivity contribution is 0.966. The molecule has 1 heterocycles. The first kappa shape index (κ1) is 10.5. The molecule has 0 atom stereocenters. The Morgan fingerprint density at radius 1 is 1.12 bits per heavy atom. The van der Waals surface area contributed by atoms with E-state index in [0.29, 0.717) is 0 Å². The molecule has 0 bridgehead atoms. The Morgan fingerprint density at radius 2 is 1.75 bits per heavy atom. The van der Waals surface area contributed by atoms with Crippen LogP contribution in [-0.4, -0.2) is 4.57 Å². The molecule has 0 aliphatic rings. The van der Waals surface area contributed by atoms with Gasteiger partial charge in [0.05, 0.1) is 5.69 Å². The molecule has 0 amide bonds. The number of aryl methyl sites for hydroxylation is 2. The van der Waals surface area contributed by atoms with Crippen LogP contribution in [0.3, 0.4) is 0 Å². The fraction of sp³-hybridized carbons (Fsp3) is 0.154. The van der Waals surface area contributed by atoms with Gasteiger partial charge in [-0.25, -0.2) is 0 Å². The highest BCUT2D eigenvalue weighted by atomic mass is 16.1. The lowest BCUT2D eigenvalue weighted by Crippen LogP contribution is -2.17. The second kappa shape index (κ2) is 3.85. The second-order valence-electron chi connectivity index (χ2n) is 3.91. The van der Waals surface area contributed by atoms with Gasteiger partial charge in [-0.15, -0.1) is 0 Å². The molecule has 0 fully saturated rings. The van der Waals surface area contributed by atoms with Gasteiger partial charge in [0.2, 0.25) is 0 Å².